The van der Waals surface area contributed by atoms with Crippen molar-refractivity contribution in [3.05, 3.63) is 63.5 Å². The number of nitrogens with zero attached hydrogens (tertiary/aromatic N) is 6. The van der Waals surface area contributed by atoms with Gasteiger partial charge in [-0.3, -0.25) is 23.5 Å². The quantitative estimate of drug-likeness (QED) is 0.345. The summed E-state index contributed by atoms with van der Waals surface area (Å²) in [5.74, 6) is 2.11. The Morgan fingerprint density at radius 1 is 1.06 bits per heavy atom. The molecule has 0 atom stereocenters. The minimum atomic E-state index is 0.00804. The van der Waals surface area contributed by atoms with Crippen molar-refractivity contribution in [3.8, 4) is 0 Å². The minimum Gasteiger partial charge on any atom is -0.340 e. The fourth-order valence-electron chi connectivity index (χ4n) is 4.88. The molecule has 5 rings (SSSR count). The number of amides is 1. The molecular weight excluding hydrogens is 472 g/mol. The SMILES string of the molecule is CC(C)CCn1c(=O)c2sccc2n2c(CCCC(=O)N3CCN(Cc4ccccc4)CC3)nnc12. The first-order chi connectivity index (χ1) is 17.5. The fourth-order valence-corrected chi connectivity index (χ4v) is 5.71. The summed E-state index contributed by atoms with van der Waals surface area (Å²) < 4.78 is 4.51. The van der Waals surface area contributed by atoms with Gasteiger partial charge in [-0.2, -0.15) is 0 Å². The largest absolute Gasteiger partial charge is 0.340 e. The van der Waals surface area contributed by atoms with Gasteiger partial charge in [0.25, 0.3) is 5.56 Å². The van der Waals surface area contributed by atoms with Crippen molar-refractivity contribution in [1.82, 2.24) is 29.0 Å². The minimum absolute atomic E-state index is 0.00804. The number of thiophene rings is 1. The highest BCUT2D eigenvalue weighted by Crippen LogP contribution is 2.21. The van der Waals surface area contributed by atoms with Crippen LogP contribution in [0.25, 0.3) is 16.0 Å². The van der Waals surface area contributed by atoms with Crippen molar-refractivity contribution >= 4 is 33.2 Å². The molecule has 1 aromatic carbocycles. The predicted molar refractivity (Wildman–Crippen MR) is 143 cm³/mol. The maximum atomic E-state index is 13.1. The Hall–Kier alpha value is -3.04. The second-order valence-electron chi connectivity index (χ2n) is 10.0. The van der Waals surface area contributed by atoms with Crippen molar-refractivity contribution in [2.24, 2.45) is 5.92 Å². The average Bonchev–Trinajstić information content (AvgIpc) is 3.52. The first kappa shape index (κ1) is 24.6. The van der Waals surface area contributed by atoms with E-state index in [-0.39, 0.29) is 11.5 Å². The topological polar surface area (TPSA) is 75.7 Å². The van der Waals surface area contributed by atoms with Crippen molar-refractivity contribution in [2.45, 2.75) is 52.6 Å². The van der Waals surface area contributed by atoms with Crippen LogP contribution in [0.5, 0.6) is 0 Å². The molecule has 1 aliphatic heterocycles. The maximum absolute atomic E-state index is 13.1. The first-order valence-corrected chi connectivity index (χ1v) is 13.8. The molecule has 36 heavy (non-hydrogen) atoms. The van der Waals surface area contributed by atoms with Crippen molar-refractivity contribution in [2.75, 3.05) is 26.2 Å². The van der Waals surface area contributed by atoms with Gasteiger partial charge >= 0.3 is 0 Å². The molecule has 1 amide bonds. The van der Waals surface area contributed by atoms with Crippen LogP contribution in [0.15, 0.2) is 46.6 Å². The summed E-state index contributed by atoms with van der Waals surface area (Å²) >= 11 is 1.46. The Morgan fingerprint density at radius 3 is 2.58 bits per heavy atom. The number of aromatic nitrogens is 4. The van der Waals surface area contributed by atoms with Crippen LogP contribution in [0, 0.1) is 5.92 Å². The summed E-state index contributed by atoms with van der Waals surface area (Å²) in [6, 6.07) is 12.5. The molecule has 1 fully saturated rings. The Bertz CT molecular complexity index is 1380. The Kier molecular flexibility index (Phi) is 7.48. The highest BCUT2D eigenvalue weighted by molar-refractivity contribution is 7.17. The third-order valence-corrected chi connectivity index (χ3v) is 7.87. The van der Waals surface area contributed by atoms with Gasteiger partial charge in [-0.15, -0.1) is 21.5 Å². The molecule has 190 valence electrons. The van der Waals surface area contributed by atoms with Crippen LogP contribution in [-0.4, -0.2) is 61.1 Å². The van der Waals surface area contributed by atoms with Gasteiger partial charge in [0, 0.05) is 52.1 Å². The lowest BCUT2D eigenvalue weighted by atomic mass is 10.1. The van der Waals surface area contributed by atoms with Crippen LogP contribution in [0.3, 0.4) is 0 Å². The molecule has 9 heteroatoms. The second-order valence-corrected chi connectivity index (χ2v) is 10.9. The first-order valence-electron chi connectivity index (χ1n) is 12.9. The predicted octanol–water partition coefficient (Wildman–Crippen LogP) is 3.82. The zero-order chi connectivity index (χ0) is 25.1. The van der Waals surface area contributed by atoms with Gasteiger partial charge in [0.15, 0.2) is 0 Å². The molecule has 0 unspecified atom stereocenters. The standard InChI is InChI=1S/C27H34N6O2S/c1-20(2)11-13-32-26(35)25-22(12-18-36-25)33-23(28-29-27(32)33)9-6-10-24(34)31-16-14-30(15-17-31)19-21-7-4-3-5-8-21/h3-5,7-8,12,18,20H,6,9-11,13-17,19H2,1-2H3. The third kappa shape index (κ3) is 5.22. The van der Waals surface area contributed by atoms with Crippen LogP contribution in [0.1, 0.15) is 44.5 Å². The highest BCUT2D eigenvalue weighted by Gasteiger charge is 2.22. The summed E-state index contributed by atoms with van der Waals surface area (Å²) in [7, 11) is 0. The lowest BCUT2D eigenvalue weighted by Crippen LogP contribution is -2.48. The maximum Gasteiger partial charge on any atom is 0.272 e. The van der Waals surface area contributed by atoms with E-state index in [0.717, 1.165) is 55.2 Å². The van der Waals surface area contributed by atoms with Crippen LogP contribution in [-0.2, 0) is 24.3 Å². The monoisotopic (exact) mass is 506 g/mol. The Labute approximate surface area is 215 Å². The Morgan fingerprint density at radius 2 is 1.83 bits per heavy atom. The zero-order valence-corrected chi connectivity index (χ0v) is 21.9. The molecule has 1 saturated heterocycles. The summed E-state index contributed by atoms with van der Waals surface area (Å²) in [6.45, 7) is 9.22. The second kappa shape index (κ2) is 10.9. The smallest absolute Gasteiger partial charge is 0.272 e. The number of fused-ring (bicyclic) bond motifs is 3. The molecular formula is C27H34N6O2S. The number of aryl methyl sites for hydroxylation is 2. The molecule has 1 aliphatic rings. The van der Waals surface area contributed by atoms with Crippen molar-refractivity contribution < 1.29 is 4.79 Å². The van der Waals surface area contributed by atoms with Crippen LogP contribution in [0.4, 0.5) is 0 Å². The lowest BCUT2D eigenvalue weighted by Gasteiger charge is -2.34. The summed E-state index contributed by atoms with van der Waals surface area (Å²) in [6.07, 6.45) is 2.75. The van der Waals surface area contributed by atoms with Crippen LogP contribution in [0.2, 0.25) is 0 Å². The molecule has 3 aromatic heterocycles. The molecule has 4 heterocycles. The van der Waals surface area contributed by atoms with Crippen LogP contribution < -0.4 is 5.56 Å². The molecule has 0 radical (unpaired) electrons. The third-order valence-electron chi connectivity index (χ3n) is 6.97. The number of benzene rings is 1. The van der Waals surface area contributed by atoms with Gasteiger partial charge in [0.2, 0.25) is 11.7 Å². The summed E-state index contributed by atoms with van der Waals surface area (Å²) in [4.78, 5) is 30.4. The molecule has 0 bridgehead atoms. The van der Waals surface area contributed by atoms with E-state index in [1.807, 2.05) is 26.8 Å². The molecule has 0 aliphatic carbocycles. The zero-order valence-electron chi connectivity index (χ0n) is 21.1. The summed E-state index contributed by atoms with van der Waals surface area (Å²) in [5.41, 5.74) is 2.18. The molecule has 8 nitrogen and oxygen atoms in total. The van der Waals surface area contributed by atoms with E-state index in [9.17, 15) is 9.59 Å². The van der Waals surface area contributed by atoms with E-state index in [0.29, 0.717) is 37.5 Å². The number of piperazine rings is 1. The number of rotatable bonds is 9. The number of hydrogen-bond donors (Lipinski definition) is 0. The van der Waals surface area contributed by atoms with E-state index in [1.165, 1.54) is 16.9 Å². The molecule has 0 N–H and O–H groups in total. The lowest BCUT2D eigenvalue weighted by molar-refractivity contribution is -0.133. The number of carbonyl (C=O) groups is 1. The van der Waals surface area contributed by atoms with E-state index >= 15 is 0 Å². The average molecular weight is 507 g/mol. The molecule has 0 spiro atoms. The van der Waals surface area contributed by atoms with Crippen molar-refractivity contribution in [3.63, 3.8) is 0 Å². The fraction of sp³-hybridized carbons (Fsp3) is 0.481. The highest BCUT2D eigenvalue weighted by atomic mass is 32.1. The van der Waals surface area contributed by atoms with Gasteiger partial charge in [-0.1, -0.05) is 44.2 Å². The van der Waals surface area contributed by atoms with Gasteiger partial charge in [-0.25, -0.2) is 0 Å². The van der Waals surface area contributed by atoms with E-state index in [1.54, 1.807) is 4.57 Å². The molecule has 0 saturated carbocycles. The van der Waals surface area contributed by atoms with Gasteiger partial charge < -0.3 is 4.90 Å². The van der Waals surface area contributed by atoms with Gasteiger partial charge in [0.1, 0.15) is 10.5 Å². The molecule has 4 aromatic rings. The summed E-state index contributed by atoms with van der Waals surface area (Å²) in [5, 5.41) is 10.8. The van der Waals surface area contributed by atoms with E-state index in [2.05, 4.69) is 53.2 Å². The van der Waals surface area contributed by atoms with E-state index in [4.69, 9.17) is 0 Å². The Balaban J connectivity index is 1.21. The van der Waals surface area contributed by atoms with Crippen LogP contribution >= 0.6 is 11.3 Å². The normalized spacial score (nSPS) is 14.9. The van der Waals surface area contributed by atoms with Gasteiger partial charge in [0.05, 0.1) is 5.52 Å². The number of hydrogen-bond acceptors (Lipinski definition) is 6. The van der Waals surface area contributed by atoms with Gasteiger partial charge in [-0.05, 0) is 35.8 Å². The van der Waals surface area contributed by atoms with E-state index < -0.39 is 0 Å². The number of carbonyl (C=O) groups excluding carboxylic acids is 1. The van der Waals surface area contributed by atoms with Crippen molar-refractivity contribution in [1.29, 1.82) is 0 Å².